The van der Waals surface area contributed by atoms with Gasteiger partial charge in [-0.3, -0.25) is 9.59 Å². The molecule has 2 rings (SSSR count). The molecule has 0 aliphatic carbocycles. The zero-order valence-corrected chi connectivity index (χ0v) is 15.0. The Morgan fingerprint density at radius 3 is 2.38 bits per heavy atom. The van der Waals surface area contributed by atoms with Crippen molar-refractivity contribution in [2.75, 3.05) is 19.7 Å². The highest BCUT2D eigenvalue weighted by atomic mass is 19.1. The van der Waals surface area contributed by atoms with Crippen molar-refractivity contribution in [2.24, 2.45) is 0 Å². The van der Waals surface area contributed by atoms with Crippen LogP contribution >= 0.6 is 0 Å². The molecule has 2 aromatic rings. The van der Waals surface area contributed by atoms with Gasteiger partial charge in [0.15, 0.2) is 0 Å². The van der Waals surface area contributed by atoms with Gasteiger partial charge in [-0.2, -0.15) is 0 Å². The van der Waals surface area contributed by atoms with E-state index in [1.54, 1.807) is 19.1 Å². The molecule has 0 saturated heterocycles. The van der Waals surface area contributed by atoms with Crippen molar-refractivity contribution < 1.29 is 18.7 Å². The predicted molar refractivity (Wildman–Crippen MR) is 97.8 cm³/mol. The first kappa shape index (κ1) is 19.4. The Bertz CT molecular complexity index is 760. The maximum atomic E-state index is 13.5. The average Bonchev–Trinajstić information content (AvgIpc) is 2.63. The molecule has 0 unspecified atom stereocenters. The fraction of sp³-hybridized carbons (Fsp3) is 0.300. The standard InChI is InChI=1S/C20H23FN2O3/c1-3-26-17-8-5-15(6-9-17)12-19(24)22-10-11-23-20(25)16-7-4-14(2)18(21)13-16/h4-9,13H,3,10-12H2,1-2H3,(H,22,24)(H,23,25). The smallest absolute Gasteiger partial charge is 0.251 e. The van der Waals surface area contributed by atoms with E-state index in [2.05, 4.69) is 10.6 Å². The van der Waals surface area contributed by atoms with E-state index in [9.17, 15) is 14.0 Å². The van der Waals surface area contributed by atoms with Crippen molar-refractivity contribution in [3.8, 4) is 5.75 Å². The molecule has 5 nitrogen and oxygen atoms in total. The summed E-state index contributed by atoms with van der Waals surface area (Å²) in [5.74, 6) is -0.150. The van der Waals surface area contributed by atoms with Gasteiger partial charge in [0.2, 0.25) is 5.91 Å². The maximum Gasteiger partial charge on any atom is 0.251 e. The number of aryl methyl sites for hydroxylation is 1. The van der Waals surface area contributed by atoms with Crippen molar-refractivity contribution in [3.63, 3.8) is 0 Å². The Morgan fingerprint density at radius 1 is 1.04 bits per heavy atom. The number of amides is 2. The van der Waals surface area contributed by atoms with Gasteiger partial charge in [-0.1, -0.05) is 18.2 Å². The van der Waals surface area contributed by atoms with Crippen LogP contribution in [0.15, 0.2) is 42.5 Å². The second-order valence-electron chi connectivity index (χ2n) is 5.82. The lowest BCUT2D eigenvalue weighted by molar-refractivity contribution is -0.120. The van der Waals surface area contributed by atoms with Crippen LogP contribution in [0.4, 0.5) is 4.39 Å². The summed E-state index contributed by atoms with van der Waals surface area (Å²) in [5, 5.41) is 5.39. The second kappa shape index (κ2) is 9.56. The molecule has 0 saturated carbocycles. The summed E-state index contributed by atoms with van der Waals surface area (Å²) in [6, 6.07) is 11.7. The fourth-order valence-corrected chi connectivity index (χ4v) is 2.33. The highest BCUT2D eigenvalue weighted by molar-refractivity contribution is 5.94. The van der Waals surface area contributed by atoms with E-state index in [1.807, 2.05) is 31.2 Å². The molecule has 0 aliphatic heterocycles. The summed E-state index contributed by atoms with van der Waals surface area (Å²) in [5.41, 5.74) is 1.63. The number of hydrogen-bond acceptors (Lipinski definition) is 3. The average molecular weight is 358 g/mol. The molecule has 0 heterocycles. The van der Waals surface area contributed by atoms with Gasteiger partial charge in [-0.15, -0.1) is 0 Å². The lowest BCUT2D eigenvalue weighted by atomic mass is 10.1. The van der Waals surface area contributed by atoms with Crippen LogP contribution in [0.2, 0.25) is 0 Å². The van der Waals surface area contributed by atoms with Gasteiger partial charge in [0.1, 0.15) is 11.6 Å². The highest BCUT2D eigenvalue weighted by Crippen LogP contribution is 2.12. The predicted octanol–water partition coefficient (Wildman–Crippen LogP) is 2.62. The van der Waals surface area contributed by atoms with Gasteiger partial charge in [0.25, 0.3) is 5.91 Å². The molecule has 138 valence electrons. The van der Waals surface area contributed by atoms with Crippen molar-refractivity contribution in [2.45, 2.75) is 20.3 Å². The van der Waals surface area contributed by atoms with Crippen LogP contribution < -0.4 is 15.4 Å². The van der Waals surface area contributed by atoms with Crippen molar-refractivity contribution in [1.82, 2.24) is 10.6 Å². The largest absolute Gasteiger partial charge is 0.494 e. The number of hydrogen-bond donors (Lipinski definition) is 2. The molecule has 6 heteroatoms. The third kappa shape index (κ3) is 5.88. The quantitative estimate of drug-likeness (QED) is 0.713. The van der Waals surface area contributed by atoms with Gasteiger partial charge in [0, 0.05) is 18.7 Å². The Balaban J connectivity index is 1.70. The normalized spacial score (nSPS) is 10.3. The van der Waals surface area contributed by atoms with Gasteiger partial charge < -0.3 is 15.4 Å². The Labute approximate surface area is 152 Å². The molecule has 0 atom stereocenters. The van der Waals surface area contributed by atoms with Crippen LogP contribution in [-0.2, 0) is 11.2 Å². The van der Waals surface area contributed by atoms with E-state index in [0.29, 0.717) is 18.7 Å². The third-order valence-corrected chi connectivity index (χ3v) is 3.77. The molecular weight excluding hydrogens is 335 g/mol. The van der Waals surface area contributed by atoms with Gasteiger partial charge >= 0.3 is 0 Å². The van der Waals surface area contributed by atoms with Gasteiger partial charge in [0.05, 0.1) is 13.0 Å². The first-order valence-corrected chi connectivity index (χ1v) is 8.52. The van der Waals surface area contributed by atoms with Crippen molar-refractivity contribution >= 4 is 11.8 Å². The number of benzene rings is 2. The van der Waals surface area contributed by atoms with Crippen LogP contribution in [0.5, 0.6) is 5.75 Å². The number of carbonyl (C=O) groups is 2. The molecule has 0 spiro atoms. The zero-order chi connectivity index (χ0) is 18.9. The summed E-state index contributed by atoms with van der Waals surface area (Å²) in [7, 11) is 0. The number of carbonyl (C=O) groups excluding carboxylic acids is 2. The number of nitrogens with one attached hydrogen (secondary N) is 2. The van der Waals surface area contributed by atoms with E-state index in [-0.39, 0.29) is 30.3 Å². The third-order valence-electron chi connectivity index (χ3n) is 3.77. The van der Waals surface area contributed by atoms with Crippen LogP contribution in [-0.4, -0.2) is 31.5 Å². The van der Waals surface area contributed by atoms with Crippen LogP contribution in [0.25, 0.3) is 0 Å². The minimum Gasteiger partial charge on any atom is -0.494 e. The maximum absolute atomic E-state index is 13.5. The molecule has 0 fully saturated rings. The Hall–Kier alpha value is -2.89. The number of ether oxygens (including phenoxy) is 1. The van der Waals surface area contributed by atoms with Crippen molar-refractivity contribution in [1.29, 1.82) is 0 Å². The minimum atomic E-state index is -0.415. The molecule has 2 amide bonds. The molecule has 0 aliphatic rings. The summed E-state index contributed by atoms with van der Waals surface area (Å²) < 4.78 is 18.8. The van der Waals surface area contributed by atoms with E-state index >= 15 is 0 Å². The highest BCUT2D eigenvalue weighted by Gasteiger charge is 2.08. The molecule has 0 aromatic heterocycles. The van der Waals surface area contributed by atoms with E-state index in [4.69, 9.17) is 4.74 Å². The molecule has 0 radical (unpaired) electrons. The fourth-order valence-electron chi connectivity index (χ4n) is 2.33. The topological polar surface area (TPSA) is 67.4 Å². The summed E-state index contributed by atoms with van der Waals surface area (Å²) in [4.78, 5) is 23.8. The zero-order valence-electron chi connectivity index (χ0n) is 15.0. The molecule has 2 N–H and O–H groups in total. The van der Waals surface area contributed by atoms with Crippen LogP contribution in [0, 0.1) is 12.7 Å². The number of halogens is 1. The van der Waals surface area contributed by atoms with Crippen molar-refractivity contribution in [3.05, 3.63) is 65.0 Å². The summed E-state index contributed by atoms with van der Waals surface area (Å²) in [6.45, 7) is 4.71. The van der Waals surface area contributed by atoms with E-state index < -0.39 is 5.82 Å². The molecular formula is C20H23FN2O3. The molecule has 2 aromatic carbocycles. The molecule has 26 heavy (non-hydrogen) atoms. The SMILES string of the molecule is CCOc1ccc(CC(=O)NCCNC(=O)c2ccc(C)c(F)c2)cc1. The van der Waals surface area contributed by atoms with Gasteiger partial charge in [-0.05, 0) is 49.2 Å². The lowest BCUT2D eigenvalue weighted by Gasteiger charge is -2.08. The van der Waals surface area contributed by atoms with Crippen LogP contribution in [0.3, 0.4) is 0 Å². The summed E-state index contributed by atoms with van der Waals surface area (Å²) in [6.07, 6.45) is 0.253. The van der Waals surface area contributed by atoms with E-state index in [1.165, 1.54) is 6.07 Å². The minimum absolute atomic E-state index is 0.134. The first-order chi connectivity index (χ1) is 12.5. The summed E-state index contributed by atoms with van der Waals surface area (Å²) >= 11 is 0. The Morgan fingerprint density at radius 2 is 1.73 bits per heavy atom. The van der Waals surface area contributed by atoms with E-state index in [0.717, 1.165) is 11.3 Å². The number of rotatable bonds is 8. The lowest BCUT2D eigenvalue weighted by Crippen LogP contribution is -2.35. The van der Waals surface area contributed by atoms with Crippen LogP contribution in [0.1, 0.15) is 28.4 Å². The monoisotopic (exact) mass is 358 g/mol. The second-order valence-corrected chi connectivity index (χ2v) is 5.82. The Kier molecular flexibility index (Phi) is 7.14. The van der Waals surface area contributed by atoms with Gasteiger partial charge in [-0.25, -0.2) is 4.39 Å². The first-order valence-electron chi connectivity index (χ1n) is 8.52. The molecule has 0 bridgehead atoms.